The van der Waals surface area contributed by atoms with E-state index < -0.39 is 10.0 Å². The molecule has 0 aromatic rings. The Kier molecular flexibility index (Phi) is 6.06. The lowest BCUT2D eigenvalue weighted by Crippen LogP contribution is -2.48. The van der Waals surface area contributed by atoms with Gasteiger partial charge in [-0.15, -0.1) is 0 Å². The number of rotatable bonds is 4. The van der Waals surface area contributed by atoms with E-state index in [1.165, 1.54) is 6.42 Å². The van der Waals surface area contributed by atoms with Crippen LogP contribution in [0.1, 0.15) is 27.2 Å². The second-order valence-electron chi connectivity index (χ2n) is 5.45. The van der Waals surface area contributed by atoms with Gasteiger partial charge in [0.1, 0.15) is 0 Å². The van der Waals surface area contributed by atoms with E-state index in [0.717, 1.165) is 25.6 Å². The maximum atomic E-state index is 10.9. The van der Waals surface area contributed by atoms with Crippen LogP contribution in [0.15, 0.2) is 4.99 Å². The van der Waals surface area contributed by atoms with Gasteiger partial charge in [-0.3, -0.25) is 4.99 Å². The molecule has 0 saturated carbocycles. The summed E-state index contributed by atoms with van der Waals surface area (Å²) in [5, 5.41) is 8.21. The Balaban J connectivity index is 2.67. The molecule has 0 aliphatic carbocycles. The van der Waals surface area contributed by atoms with Crippen molar-refractivity contribution in [3.63, 3.8) is 0 Å². The Hall–Kier alpha value is -0.820. The van der Waals surface area contributed by atoms with Crippen molar-refractivity contribution in [1.29, 1.82) is 0 Å². The van der Waals surface area contributed by atoms with Crippen LogP contribution < -0.4 is 10.5 Å². The van der Waals surface area contributed by atoms with Gasteiger partial charge in [0.05, 0.1) is 12.3 Å². The zero-order chi connectivity index (χ0) is 14.5. The van der Waals surface area contributed by atoms with Crippen LogP contribution in [0.2, 0.25) is 0 Å². The van der Waals surface area contributed by atoms with Crippen molar-refractivity contribution in [2.75, 3.05) is 31.9 Å². The van der Waals surface area contributed by atoms with E-state index in [2.05, 4.69) is 29.1 Å². The molecule has 0 bridgehead atoms. The summed E-state index contributed by atoms with van der Waals surface area (Å²) in [5.74, 6) is 1.95. The predicted molar refractivity (Wildman–Crippen MR) is 78.5 cm³/mol. The topological polar surface area (TPSA) is 87.8 Å². The van der Waals surface area contributed by atoms with E-state index >= 15 is 0 Å². The fraction of sp³-hybridized carbons (Fsp3) is 0.917. The first-order chi connectivity index (χ1) is 8.81. The minimum Gasteiger partial charge on any atom is -0.357 e. The van der Waals surface area contributed by atoms with E-state index in [0.29, 0.717) is 11.8 Å². The van der Waals surface area contributed by atoms with E-state index in [9.17, 15) is 8.42 Å². The monoisotopic (exact) mass is 290 g/mol. The third kappa shape index (κ3) is 6.24. The summed E-state index contributed by atoms with van der Waals surface area (Å²) in [7, 11) is -3.44. The Bertz CT molecular complexity index is 398. The van der Waals surface area contributed by atoms with Gasteiger partial charge in [0.15, 0.2) is 5.96 Å². The third-order valence-corrected chi connectivity index (χ3v) is 3.89. The van der Waals surface area contributed by atoms with Crippen molar-refractivity contribution in [2.24, 2.45) is 22.0 Å². The van der Waals surface area contributed by atoms with Crippen LogP contribution in [-0.2, 0) is 10.0 Å². The second-order valence-corrected chi connectivity index (χ2v) is 7.19. The molecule has 112 valence electrons. The number of nitrogens with two attached hydrogens (primary N) is 1. The van der Waals surface area contributed by atoms with Crippen LogP contribution in [0, 0.1) is 11.8 Å². The van der Waals surface area contributed by atoms with Crippen molar-refractivity contribution >= 4 is 16.0 Å². The summed E-state index contributed by atoms with van der Waals surface area (Å²) in [5.41, 5.74) is 0. The molecule has 1 heterocycles. The van der Waals surface area contributed by atoms with Gasteiger partial charge >= 0.3 is 0 Å². The average Bonchev–Trinajstić information content (AvgIpc) is 2.25. The molecule has 1 aliphatic heterocycles. The standard InChI is InChI=1S/C12H26N4O2S/c1-4-14-12(15-5-6-19(13,17)18)16-8-10(2)7-11(3)9-16/h10-11H,4-9H2,1-3H3,(H,14,15)(H2,13,17,18). The molecule has 1 saturated heterocycles. The van der Waals surface area contributed by atoms with Crippen molar-refractivity contribution in [3.05, 3.63) is 0 Å². The summed E-state index contributed by atoms with van der Waals surface area (Å²) in [4.78, 5) is 6.58. The highest BCUT2D eigenvalue weighted by atomic mass is 32.2. The molecule has 0 aromatic carbocycles. The molecule has 0 radical (unpaired) electrons. The van der Waals surface area contributed by atoms with Gasteiger partial charge in [0, 0.05) is 19.6 Å². The fourth-order valence-corrected chi connectivity index (χ4v) is 2.89. The molecule has 3 N–H and O–H groups in total. The molecule has 7 heteroatoms. The van der Waals surface area contributed by atoms with E-state index in [-0.39, 0.29) is 12.3 Å². The molecule has 2 atom stereocenters. The average molecular weight is 290 g/mol. The molecule has 1 rings (SSSR count). The maximum Gasteiger partial charge on any atom is 0.210 e. The number of piperidine rings is 1. The number of nitrogens with one attached hydrogen (secondary N) is 1. The number of nitrogens with zero attached hydrogens (tertiary/aromatic N) is 2. The normalized spacial score (nSPS) is 25.5. The molecule has 1 aliphatic rings. The number of hydrogen-bond donors (Lipinski definition) is 2. The molecular formula is C12H26N4O2S. The SMILES string of the molecule is CCNC(=NCCS(N)(=O)=O)N1CC(C)CC(C)C1. The molecule has 0 aromatic heterocycles. The quantitative estimate of drug-likeness (QED) is 0.572. The summed E-state index contributed by atoms with van der Waals surface area (Å²) in [6, 6.07) is 0. The maximum absolute atomic E-state index is 10.9. The van der Waals surface area contributed by atoms with Gasteiger partial charge in [-0.05, 0) is 25.2 Å². The summed E-state index contributed by atoms with van der Waals surface area (Å²) < 4.78 is 21.9. The first-order valence-electron chi connectivity index (χ1n) is 6.85. The van der Waals surface area contributed by atoms with Crippen LogP contribution in [0.25, 0.3) is 0 Å². The lowest BCUT2D eigenvalue weighted by Gasteiger charge is -2.37. The first kappa shape index (κ1) is 16.2. The van der Waals surface area contributed by atoms with Gasteiger partial charge in [0.2, 0.25) is 10.0 Å². The Morgan fingerprint density at radius 1 is 1.37 bits per heavy atom. The van der Waals surface area contributed by atoms with Gasteiger partial charge in [0.25, 0.3) is 0 Å². The summed E-state index contributed by atoms with van der Waals surface area (Å²) >= 11 is 0. The van der Waals surface area contributed by atoms with Crippen molar-refractivity contribution in [1.82, 2.24) is 10.2 Å². The van der Waals surface area contributed by atoms with Crippen LogP contribution in [0.3, 0.4) is 0 Å². The largest absolute Gasteiger partial charge is 0.357 e. The minimum absolute atomic E-state index is 0.110. The molecule has 0 spiro atoms. The highest BCUT2D eigenvalue weighted by molar-refractivity contribution is 7.89. The first-order valence-corrected chi connectivity index (χ1v) is 8.57. The van der Waals surface area contributed by atoms with Crippen LogP contribution in [0.5, 0.6) is 0 Å². The smallest absolute Gasteiger partial charge is 0.210 e. The van der Waals surface area contributed by atoms with E-state index in [4.69, 9.17) is 5.14 Å². The van der Waals surface area contributed by atoms with Gasteiger partial charge in [-0.25, -0.2) is 13.6 Å². The van der Waals surface area contributed by atoms with Crippen LogP contribution in [0.4, 0.5) is 0 Å². The predicted octanol–water partition coefficient (Wildman–Crippen LogP) is 0.218. The number of guanidine groups is 1. The molecular weight excluding hydrogens is 264 g/mol. The fourth-order valence-electron chi connectivity index (χ4n) is 2.54. The number of primary sulfonamides is 1. The van der Waals surface area contributed by atoms with Gasteiger partial charge < -0.3 is 10.2 Å². The number of sulfonamides is 1. The van der Waals surface area contributed by atoms with Gasteiger partial charge in [-0.2, -0.15) is 0 Å². The zero-order valence-electron chi connectivity index (χ0n) is 12.1. The molecule has 19 heavy (non-hydrogen) atoms. The van der Waals surface area contributed by atoms with Crippen molar-refractivity contribution in [2.45, 2.75) is 27.2 Å². The lowest BCUT2D eigenvalue weighted by molar-refractivity contribution is 0.208. The third-order valence-electron chi connectivity index (χ3n) is 3.14. The molecule has 6 nitrogen and oxygen atoms in total. The Morgan fingerprint density at radius 3 is 2.42 bits per heavy atom. The highest BCUT2D eigenvalue weighted by Crippen LogP contribution is 2.20. The Labute approximate surface area is 116 Å². The van der Waals surface area contributed by atoms with E-state index in [1.807, 2.05) is 6.92 Å². The number of hydrogen-bond acceptors (Lipinski definition) is 3. The highest BCUT2D eigenvalue weighted by Gasteiger charge is 2.23. The molecule has 0 amide bonds. The number of aliphatic imine (C=N–C) groups is 1. The Morgan fingerprint density at radius 2 is 1.95 bits per heavy atom. The van der Waals surface area contributed by atoms with Crippen molar-refractivity contribution in [3.8, 4) is 0 Å². The van der Waals surface area contributed by atoms with Crippen molar-refractivity contribution < 1.29 is 8.42 Å². The van der Waals surface area contributed by atoms with E-state index in [1.54, 1.807) is 0 Å². The molecule has 1 fully saturated rings. The summed E-state index contributed by atoms with van der Waals surface area (Å²) in [6.07, 6.45) is 1.23. The lowest BCUT2D eigenvalue weighted by atomic mass is 9.92. The number of likely N-dealkylation sites (tertiary alicyclic amines) is 1. The van der Waals surface area contributed by atoms with Gasteiger partial charge in [-0.1, -0.05) is 13.8 Å². The second kappa shape index (κ2) is 7.09. The van der Waals surface area contributed by atoms with Crippen LogP contribution in [-0.4, -0.2) is 51.2 Å². The zero-order valence-corrected chi connectivity index (χ0v) is 12.9. The minimum atomic E-state index is -3.44. The van der Waals surface area contributed by atoms with Crippen LogP contribution >= 0.6 is 0 Å². The molecule has 2 unspecified atom stereocenters. The summed E-state index contributed by atoms with van der Waals surface area (Å²) in [6.45, 7) is 9.38.